The number of furan rings is 1. The van der Waals surface area contributed by atoms with E-state index in [1.807, 2.05) is 0 Å². The predicted octanol–water partition coefficient (Wildman–Crippen LogP) is 2.98. The van der Waals surface area contributed by atoms with Crippen LogP contribution in [0.15, 0.2) is 35.0 Å². The van der Waals surface area contributed by atoms with Crippen molar-refractivity contribution in [3.63, 3.8) is 0 Å². The van der Waals surface area contributed by atoms with Gasteiger partial charge in [0.1, 0.15) is 17.7 Å². The van der Waals surface area contributed by atoms with Crippen LogP contribution in [0.2, 0.25) is 0 Å². The van der Waals surface area contributed by atoms with E-state index in [2.05, 4.69) is 15.3 Å². The summed E-state index contributed by atoms with van der Waals surface area (Å²) in [4.78, 5) is 18.4. The molecule has 0 aliphatic carbocycles. The first-order chi connectivity index (χ1) is 10.1. The quantitative estimate of drug-likeness (QED) is 0.588. The molecule has 0 saturated carbocycles. The summed E-state index contributed by atoms with van der Waals surface area (Å²) in [5.74, 6) is -0.152. The molecule has 0 unspecified atom stereocenters. The lowest BCUT2D eigenvalue weighted by Crippen LogP contribution is -2.02. The molecule has 0 aliphatic heterocycles. The highest BCUT2D eigenvalue weighted by atomic mass is 19.1. The number of hydrogen-bond acceptors (Lipinski definition) is 6. The Morgan fingerprint density at radius 1 is 1.33 bits per heavy atom. The zero-order valence-corrected chi connectivity index (χ0v) is 10.8. The third kappa shape index (κ3) is 2.16. The molecule has 0 atom stereocenters. The van der Waals surface area contributed by atoms with Crippen molar-refractivity contribution in [1.29, 1.82) is 0 Å². The van der Waals surface area contributed by atoms with Crippen molar-refractivity contribution in [3.8, 4) is 11.5 Å². The summed E-state index contributed by atoms with van der Waals surface area (Å²) in [5.41, 5.74) is 0.167. The Kier molecular flexibility index (Phi) is 2.98. The van der Waals surface area contributed by atoms with Crippen LogP contribution in [0, 0.1) is 15.9 Å². The lowest BCUT2D eigenvalue weighted by Gasteiger charge is -2.03. The van der Waals surface area contributed by atoms with Gasteiger partial charge in [-0.2, -0.15) is 0 Å². The summed E-state index contributed by atoms with van der Waals surface area (Å²) in [6, 6.07) is 5.50. The van der Waals surface area contributed by atoms with E-state index in [0.29, 0.717) is 11.0 Å². The van der Waals surface area contributed by atoms with Gasteiger partial charge >= 0.3 is 5.69 Å². The number of nitrogens with one attached hydrogen (secondary N) is 1. The Hall–Kier alpha value is -3.03. The molecule has 7 nitrogen and oxygen atoms in total. The van der Waals surface area contributed by atoms with Crippen LogP contribution < -0.4 is 5.32 Å². The smallest absolute Gasteiger partial charge is 0.340 e. The fraction of sp³-hybridized carbons (Fsp3) is 0.0769. The first-order valence-corrected chi connectivity index (χ1v) is 5.96. The second kappa shape index (κ2) is 4.82. The summed E-state index contributed by atoms with van der Waals surface area (Å²) >= 11 is 0. The number of hydrogen-bond donors (Lipinski definition) is 1. The Bertz CT molecular complexity index is 847. The van der Waals surface area contributed by atoms with Crippen LogP contribution in [-0.2, 0) is 0 Å². The van der Waals surface area contributed by atoms with Gasteiger partial charge in [-0.05, 0) is 24.3 Å². The number of halogens is 1. The summed E-state index contributed by atoms with van der Waals surface area (Å²) in [6.07, 6.45) is 1.20. The summed E-state index contributed by atoms with van der Waals surface area (Å²) < 4.78 is 18.7. The van der Waals surface area contributed by atoms with Gasteiger partial charge in [0.25, 0.3) is 0 Å². The number of nitrogens with zero attached hydrogens (tertiary/aromatic N) is 3. The van der Waals surface area contributed by atoms with Crippen LogP contribution in [-0.4, -0.2) is 21.9 Å². The normalized spacial score (nSPS) is 10.8. The van der Waals surface area contributed by atoms with Gasteiger partial charge in [-0.1, -0.05) is 0 Å². The van der Waals surface area contributed by atoms with E-state index in [1.54, 1.807) is 0 Å². The van der Waals surface area contributed by atoms with Crippen molar-refractivity contribution < 1.29 is 13.7 Å². The highest BCUT2D eigenvalue weighted by Crippen LogP contribution is 2.35. The largest absolute Gasteiger partial charge is 0.454 e. The average molecular weight is 288 g/mol. The zero-order valence-electron chi connectivity index (χ0n) is 10.8. The predicted molar refractivity (Wildman–Crippen MR) is 73.4 cm³/mol. The monoisotopic (exact) mass is 288 g/mol. The molecule has 0 aliphatic rings. The molecule has 0 spiro atoms. The summed E-state index contributed by atoms with van der Waals surface area (Å²) in [5, 5.41) is 14.4. The van der Waals surface area contributed by atoms with E-state index >= 15 is 0 Å². The van der Waals surface area contributed by atoms with Crippen LogP contribution >= 0.6 is 0 Å². The van der Waals surface area contributed by atoms with Crippen LogP contribution in [0.5, 0.6) is 0 Å². The van der Waals surface area contributed by atoms with Crippen LogP contribution in [0.3, 0.4) is 0 Å². The number of nitro groups is 1. The lowest BCUT2D eigenvalue weighted by atomic mass is 10.2. The van der Waals surface area contributed by atoms with Gasteiger partial charge in [-0.3, -0.25) is 10.1 Å². The van der Waals surface area contributed by atoms with Gasteiger partial charge < -0.3 is 9.73 Å². The molecule has 21 heavy (non-hydrogen) atoms. The van der Waals surface area contributed by atoms with E-state index < -0.39 is 10.7 Å². The molecule has 0 radical (unpaired) electrons. The Labute approximate surface area is 117 Å². The second-order valence-electron chi connectivity index (χ2n) is 4.22. The van der Waals surface area contributed by atoms with E-state index in [-0.39, 0.29) is 23.0 Å². The Morgan fingerprint density at radius 2 is 2.14 bits per heavy atom. The maximum atomic E-state index is 13.2. The molecule has 2 aromatic heterocycles. The molecule has 3 aromatic rings. The Balaban J connectivity index is 2.24. The maximum absolute atomic E-state index is 13.2. The SMILES string of the molecule is CNc1ncnc(-c2cc3cc(F)ccc3o2)c1[N+](=O)[O-]. The molecule has 3 rings (SSSR count). The minimum absolute atomic E-state index is 0.0379. The van der Waals surface area contributed by atoms with E-state index in [4.69, 9.17) is 4.42 Å². The van der Waals surface area contributed by atoms with Gasteiger partial charge in [0, 0.05) is 12.4 Å². The molecule has 1 N–H and O–H groups in total. The van der Waals surface area contributed by atoms with Crippen LogP contribution in [0.1, 0.15) is 0 Å². The van der Waals surface area contributed by atoms with Crippen molar-refractivity contribution in [2.75, 3.05) is 12.4 Å². The first-order valence-electron chi connectivity index (χ1n) is 5.96. The Morgan fingerprint density at radius 3 is 2.86 bits per heavy atom. The van der Waals surface area contributed by atoms with Crippen molar-refractivity contribution in [3.05, 3.63) is 46.5 Å². The highest BCUT2D eigenvalue weighted by Gasteiger charge is 2.25. The van der Waals surface area contributed by atoms with Crippen molar-refractivity contribution in [2.24, 2.45) is 0 Å². The fourth-order valence-corrected chi connectivity index (χ4v) is 2.05. The standard InChI is InChI=1S/C13H9FN4O3/c1-15-13-12(18(19)20)11(16-6-17-13)10-5-7-4-8(14)2-3-9(7)21-10/h2-6H,1H3,(H,15,16,17). The molecular formula is C13H9FN4O3. The van der Waals surface area contributed by atoms with Gasteiger partial charge in [0.2, 0.25) is 5.82 Å². The number of aromatic nitrogens is 2. The molecule has 0 saturated heterocycles. The third-order valence-electron chi connectivity index (χ3n) is 2.95. The van der Waals surface area contributed by atoms with Gasteiger partial charge in [0.15, 0.2) is 11.5 Å². The van der Waals surface area contributed by atoms with Gasteiger partial charge in [0.05, 0.1) is 4.92 Å². The zero-order chi connectivity index (χ0) is 15.0. The number of fused-ring (bicyclic) bond motifs is 1. The van der Waals surface area contributed by atoms with Crippen molar-refractivity contribution >= 4 is 22.5 Å². The highest BCUT2D eigenvalue weighted by molar-refractivity contribution is 5.85. The average Bonchev–Trinajstić information content (AvgIpc) is 2.89. The number of benzene rings is 1. The van der Waals surface area contributed by atoms with Crippen LogP contribution in [0.4, 0.5) is 15.9 Å². The number of anilines is 1. The van der Waals surface area contributed by atoms with Crippen molar-refractivity contribution in [2.45, 2.75) is 0 Å². The van der Waals surface area contributed by atoms with Gasteiger partial charge in [-0.15, -0.1) is 0 Å². The van der Waals surface area contributed by atoms with Crippen LogP contribution in [0.25, 0.3) is 22.4 Å². The van der Waals surface area contributed by atoms with Gasteiger partial charge in [-0.25, -0.2) is 14.4 Å². The maximum Gasteiger partial charge on any atom is 0.340 e. The van der Waals surface area contributed by atoms with E-state index in [1.165, 1.54) is 37.6 Å². The van der Waals surface area contributed by atoms with Crippen molar-refractivity contribution in [1.82, 2.24) is 9.97 Å². The first kappa shape index (κ1) is 13.0. The third-order valence-corrected chi connectivity index (χ3v) is 2.95. The molecule has 2 heterocycles. The summed E-state index contributed by atoms with van der Waals surface area (Å²) in [7, 11) is 1.52. The number of rotatable bonds is 3. The minimum Gasteiger partial charge on any atom is -0.454 e. The molecule has 106 valence electrons. The molecule has 0 fully saturated rings. The van der Waals surface area contributed by atoms with E-state index in [9.17, 15) is 14.5 Å². The molecule has 0 bridgehead atoms. The molecular weight excluding hydrogens is 279 g/mol. The lowest BCUT2D eigenvalue weighted by molar-refractivity contribution is -0.383. The molecule has 0 amide bonds. The topological polar surface area (TPSA) is 94.1 Å². The summed E-state index contributed by atoms with van der Waals surface area (Å²) in [6.45, 7) is 0. The minimum atomic E-state index is -0.588. The second-order valence-corrected chi connectivity index (χ2v) is 4.22. The molecule has 8 heteroatoms. The fourth-order valence-electron chi connectivity index (χ4n) is 2.05. The van der Waals surface area contributed by atoms with E-state index in [0.717, 1.165) is 0 Å². The molecule has 1 aromatic carbocycles.